The van der Waals surface area contributed by atoms with E-state index in [-0.39, 0.29) is 5.78 Å². The molecule has 3 nitrogen and oxygen atoms in total. The molecular formula is C14H18NO2+. The summed E-state index contributed by atoms with van der Waals surface area (Å²) < 4.78 is 0.521. The van der Waals surface area contributed by atoms with Gasteiger partial charge in [0.2, 0.25) is 0 Å². The van der Waals surface area contributed by atoms with Gasteiger partial charge in [-0.1, -0.05) is 6.58 Å². The monoisotopic (exact) mass is 232 g/mol. The van der Waals surface area contributed by atoms with Gasteiger partial charge in [0.15, 0.2) is 5.78 Å². The molecule has 0 aliphatic rings. The SMILES string of the molecule is C=C(C)C(=O)c1cc(C=O)ccc1[N+](C)(C)C. The summed E-state index contributed by atoms with van der Waals surface area (Å²) in [5, 5.41) is 0. The number of quaternary nitrogens is 1. The number of aldehydes is 1. The van der Waals surface area contributed by atoms with Gasteiger partial charge in [-0.15, -0.1) is 0 Å². The van der Waals surface area contributed by atoms with E-state index < -0.39 is 0 Å². The fourth-order valence-electron chi connectivity index (χ4n) is 1.62. The van der Waals surface area contributed by atoms with E-state index in [2.05, 4.69) is 6.58 Å². The van der Waals surface area contributed by atoms with Gasteiger partial charge in [0, 0.05) is 11.6 Å². The molecule has 17 heavy (non-hydrogen) atoms. The Kier molecular flexibility index (Phi) is 3.63. The van der Waals surface area contributed by atoms with Gasteiger partial charge in [-0.05, 0) is 24.6 Å². The van der Waals surface area contributed by atoms with Crippen LogP contribution < -0.4 is 4.48 Å². The second-order valence-corrected chi connectivity index (χ2v) is 5.02. The minimum absolute atomic E-state index is 0.114. The summed E-state index contributed by atoms with van der Waals surface area (Å²) in [6.45, 7) is 5.34. The fraction of sp³-hybridized carbons (Fsp3) is 0.286. The maximum Gasteiger partial charge on any atom is 0.194 e. The van der Waals surface area contributed by atoms with Gasteiger partial charge in [0.05, 0.1) is 26.7 Å². The van der Waals surface area contributed by atoms with Gasteiger partial charge in [-0.2, -0.15) is 0 Å². The summed E-state index contributed by atoms with van der Waals surface area (Å²) >= 11 is 0. The number of carbonyl (C=O) groups excluding carboxylic acids is 2. The van der Waals surface area contributed by atoms with Gasteiger partial charge in [0.25, 0.3) is 0 Å². The number of hydrogen-bond acceptors (Lipinski definition) is 2. The molecule has 0 amide bonds. The summed E-state index contributed by atoms with van der Waals surface area (Å²) in [7, 11) is 5.93. The molecule has 0 unspecified atom stereocenters. The van der Waals surface area contributed by atoms with E-state index in [4.69, 9.17) is 0 Å². The van der Waals surface area contributed by atoms with E-state index in [1.807, 2.05) is 27.2 Å². The predicted octanol–water partition coefficient (Wildman–Crippen LogP) is 2.45. The van der Waals surface area contributed by atoms with Crippen LogP contribution in [0.15, 0.2) is 30.4 Å². The highest BCUT2D eigenvalue weighted by atomic mass is 16.1. The summed E-state index contributed by atoms with van der Waals surface area (Å²) in [4.78, 5) is 22.8. The molecule has 0 aromatic heterocycles. The van der Waals surface area contributed by atoms with E-state index in [0.717, 1.165) is 12.0 Å². The van der Waals surface area contributed by atoms with Crippen LogP contribution in [0.25, 0.3) is 0 Å². The third-order valence-electron chi connectivity index (χ3n) is 2.51. The maximum absolute atomic E-state index is 12.1. The quantitative estimate of drug-likeness (QED) is 0.346. The summed E-state index contributed by atoms with van der Waals surface area (Å²) in [5.41, 5.74) is 2.41. The Morgan fingerprint density at radius 2 is 1.88 bits per heavy atom. The lowest BCUT2D eigenvalue weighted by molar-refractivity contribution is 0.103. The number of nitrogens with zero attached hydrogens (tertiary/aromatic N) is 1. The Balaban J connectivity index is 3.46. The molecule has 0 heterocycles. The molecule has 0 saturated carbocycles. The van der Waals surface area contributed by atoms with E-state index >= 15 is 0 Å². The molecule has 1 aromatic carbocycles. The average Bonchev–Trinajstić information content (AvgIpc) is 2.25. The Morgan fingerprint density at radius 3 is 2.29 bits per heavy atom. The molecule has 0 aliphatic carbocycles. The molecule has 0 bridgehead atoms. The molecule has 0 aliphatic heterocycles. The minimum Gasteiger partial charge on any atom is -0.298 e. The molecule has 0 atom stereocenters. The minimum atomic E-state index is -0.114. The largest absolute Gasteiger partial charge is 0.298 e. The van der Waals surface area contributed by atoms with Crippen molar-refractivity contribution in [2.24, 2.45) is 0 Å². The van der Waals surface area contributed by atoms with Crippen molar-refractivity contribution in [3.05, 3.63) is 41.5 Å². The van der Waals surface area contributed by atoms with Crippen molar-refractivity contribution in [3.8, 4) is 0 Å². The predicted molar refractivity (Wildman–Crippen MR) is 70.5 cm³/mol. The lowest BCUT2D eigenvalue weighted by atomic mass is 10.00. The molecule has 0 spiro atoms. The summed E-state index contributed by atoms with van der Waals surface area (Å²) in [6.07, 6.45) is 0.745. The number of Topliss-reactive ketones (excluding diaryl/α,β-unsaturated/α-hetero) is 1. The second-order valence-electron chi connectivity index (χ2n) is 5.02. The molecule has 0 N–H and O–H groups in total. The normalized spacial score (nSPS) is 11.1. The van der Waals surface area contributed by atoms with Gasteiger partial charge in [-0.3, -0.25) is 14.1 Å². The van der Waals surface area contributed by atoms with Crippen LogP contribution >= 0.6 is 0 Å². The van der Waals surface area contributed by atoms with Crippen LogP contribution in [0.5, 0.6) is 0 Å². The first kappa shape index (κ1) is 13.3. The van der Waals surface area contributed by atoms with Crippen molar-refractivity contribution in [2.75, 3.05) is 21.1 Å². The van der Waals surface area contributed by atoms with E-state index in [0.29, 0.717) is 21.2 Å². The van der Waals surface area contributed by atoms with Gasteiger partial charge >= 0.3 is 0 Å². The Hall–Kier alpha value is -1.74. The second kappa shape index (κ2) is 4.63. The molecule has 90 valence electrons. The summed E-state index contributed by atoms with van der Waals surface area (Å²) in [5.74, 6) is -0.114. The molecule has 0 fully saturated rings. The number of ketones is 1. The fourth-order valence-corrected chi connectivity index (χ4v) is 1.62. The zero-order chi connectivity index (χ0) is 13.2. The third kappa shape index (κ3) is 2.88. The highest BCUT2D eigenvalue weighted by molar-refractivity contribution is 6.11. The van der Waals surface area contributed by atoms with Crippen LogP contribution in [0.3, 0.4) is 0 Å². The number of hydrogen-bond donors (Lipinski definition) is 0. The van der Waals surface area contributed by atoms with Crippen molar-refractivity contribution in [2.45, 2.75) is 6.92 Å². The Labute approximate surface area is 102 Å². The van der Waals surface area contributed by atoms with Crippen LogP contribution in [0.4, 0.5) is 5.69 Å². The van der Waals surface area contributed by atoms with Crippen molar-refractivity contribution >= 4 is 17.8 Å². The number of benzene rings is 1. The highest BCUT2D eigenvalue weighted by Crippen LogP contribution is 2.25. The average molecular weight is 232 g/mol. The standard InChI is InChI=1S/C14H18NO2/c1-10(2)14(17)12-8-11(9-16)6-7-13(12)15(3,4)5/h6-9H,1H2,2-5H3/q+1. The number of allylic oxidation sites excluding steroid dienone is 1. The third-order valence-corrected chi connectivity index (χ3v) is 2.51. The molecule has 3 heteroatoms. The first-order valence-corrected chi connectivity index (χ1v) is 5.39. The maximum atomic E-state index is 12.1. The van der Waals surface area contributed by atoms with Crippen molar-refractivity contribution in [1.29, 1.82) is 0 Å². The first-order valence-electron chi connectivity index (χ1n) is 5.39. The van der Waals surface area contributed by atoms with Gasteiger partial charge in [0.1, 0.15) is 12.0 Å². The zero-order valence-corrected chi connectivity index (χ0v) is 10.8. The Morgan fingerprint density at radius 1 is 1.29 bits per heavy atom. The van der Waals surface area contributed by atoms with Crippen LogP contribution in [0.1, 0.15) is 27.6 Å². The number of carbonyl (C=O) groups is 2. The summed E-state index contributed by atoms with van der Waals surface area (Å²) in [6, 6.07) is 5.17. The zero-order valence-electron chi connectivity index (χ0n) is 10.8. The highest BCUT2D eigenvalue weighted by Gasteiger charge is 2.22. The number of rotatable bonds is 4. The Bertz CT molecular complexity index is 481. The smallest absolute Gasteiger partial charge is 0.194 e. The van der Waals surface area contributed by atoms with E-state index in [1.165, 1.54) is 0 Å². The molecule has 1 rings (SSSR count). The molecule has 0 radical (unpaired) electrons. The van der Waals surface area contributed by atoms with Gasteiger partial charge < -0.3 is 0 Å². The van der Waals surface area contributed by atoms with Crippen LogP contribution in [0, 0.1) is 0 Å². The lowest BCUT2D eigenvalue weighted by Gasteiger charge is -2.25. The molecule has 0 saturated heterocycles. The first-order chi connectivity index (χ1) is 7.77. The van der Waals surface area contributed by atoms with Crippen molar-refractivity contribution < 1.29 is 9.59 Å². The van der Waals surface area contributed by atoms with Crippen LogP contribution in [0.2, 0.25) is 0 Å². The van der Waals surface area contributed by atoms with Crippen molar-refractivity contribution in [1.82, 2.24) is 4.48 Å². The lowest BCUT2D eigenvalue weighted by Crippen LogP contribution is -2.36. The van der Waals surface area contributed by atoms with Gasteiger partial charge in [-0.25, -0.2) is 0 Å². The van der Waals surface area contributed by atoms with Crippen molar-refractivity contribution in [3.63, 3.8) is 0 Å². The topological polar surface area (TPSA) is 34.1 Å². The molecule has 1 aromatic rings. The van der Waals surface area contributed by atoms with E-state index in [9.17, 15) is 9.59 Å². The van der Waals surface area contributed by atoms with Crippen LogP contribution in [-0.2, 0) is 0 Å². The molecular weight excluding hydrogens is 214 g/mol. The van der Waals surface area contributed by atoms with E-state index in [1.54, 1.807) is 19.1 Å². The van der Waals surface area contributed by atoms with Crippen LogP contribution in [-0.4, -0.2) is 33.2 Å².